The van der Waals surface area contributed by atoms with Gasteiger partial charge in [0.05, 0.1) is 34.1 Å². The van der Waals surface area contributed by atoms with Crippen molar-refractivity contribution in [3.63, 3.8) is 0 Å². The fourth-order valence-corrected chi connectivity index (χ4v) is 3.40. The Balaban J connectivity index is 1.82. The molecule has 4 N–H and O–H groups in total. The first-order valence-electron chi connectivity index (χ1n) is 8.78. The largest absolute Gasteiger partial charge is 0.397 e. The zero-order valence-corrected chi connectivity index (χ0v) is 14.1. The Hall–Kier alpha value is -2.34. The van der Waals surface area contributed by atoms with Gasteiger partial charge >= 0.3 is 0 Å². The molecule has 0 unspecified atom stereocenters. The summed E-state index contributed by atoms with van der Waals surface area (Å²) in [6.07, 6.45) is 5.15. The first-order valence-corrected chi connectivity index (χ1v) is 8.78. The van der Waals surface area contributed by atoms with E-state index in [0.29, 0.717) is 0 Å². The number of piperazine rings is 1. The minimum absolute atomic E-state index is 0.790. The Morgan fingerprint density at radius 3 is 2.88 bits per heavy atom. The van der Waals surface area contributed by atoms with Gasteiger partial charge in [0.15, 0.2) is 0 Å². The highest BCUT2D eigenvalue weighted by Crippen LogP contribution is 2.32. The van der Waals surface area contributed by atoms with Crippen LogP contribution in [0.3, 0.4) is 0 Å². The van der Waals surface area contributed by atoms with E-state index in [1.54, 1.807) is 0 Å². The summed E-state index contributed by atoms with van der Waals surface area (Å²) in [5.74, 6) is 1.04. The Labute approximate surface area is 141 Å². The van der Waals surface area contributed by atoms with E-state index in [-0.39, 0.29) is 0 Å². The number of aryl methyl sites for hydroxylation is 1. The maximum Gasteiger partial charge on any atom is 0.107 e. The summed E-state index contributed by atoms with van der Waals surface area (Å²) in [6.45, 7) is 6.12. The Morgan fingerprint density at radius 2 is 2.08 bits per heavy atom. The molecule has 0 saturated carbocycles. The fourth-order valence-electron chi connectivity index (χ4n) is 3.40. The predicted molar refractivity (Wildman–Crippen MR) is 99.5 cm³/mol. The molecule has 126 valence electrons. The Kier molecular flexibility index (Phi) is 3.98. The van der Waals surface area contributed by atoms with Crippen molar-refractivity contribution in [2.45, 2.75) is 26.2 Å². The topological polar surface area (TPSA) is 82.9 Å². The highest BCUT2D eigenvalue weighted by molar-refractivity contribution is 6.05. The third-order valence-electron chi connectivity index (χ3n) is 4.74. The molecule has 24 heavy (non-hydrogen) atoms. The number of hydrogen-bond donors (Lipinski definition) is 3. The summed E-state index contributed by atoms with van der Waals surface area (Å²) in [7, 11) is 0. The molecule has 0 radical (unpaired) electrons. The first kappa shape index (κ1) is 15.2. The lowest BCUT2D eigenvalue weighted by molar-refractivity contribution is 0.590. The van der Waals surface area contributed by atoms with Crippen LogP contribution in [0.1, 0.15) is 25.6 Å². The van der Waals surface area contributed by atoms with Crippen LogP contribution in [0.2, 0.25) is 0 Å². The van der Waals surface area contributed by atoms with Crippen LogP contribution >= 0.6 is 0 Å². The van der Waals surface area contributed by atoms with Crippen LogP contribution in [0, 0.1) is 0 Å². The molecular weight excluding hydrogens is 300 g/mol. The van der Waals surface area contributed by atoms with Crippen LogP contribution < -0.4 is 16.0 Å². The average molecular weight is 324 g/mol. The van der Waals surface area contributed by atoms with Gasteiger partial charge in [0, 0.05) is 38.0 Å². The number of unbranched alkanes of at least 4 members (excludes halogenated alkanes) is 1. The van der Waals surface area contributed by atoms with Gasteiger partial charge in [-0.05, 0) is 18.6 Å². The molecule has 1 aromatic carbocycles. The summed E-state index contributed by atoms with van der Waals surface area (Å²) in [5.41, 5.74) is 11.1. The maximum atomic E-state index is 6.30. The molecular formula is C18H24N6. The molecule has 4 rings (SSSR count). The number of hydrogen-bond acceptors (Lipinski definition) is 5. The lowest BCUT2D eigenvalue weighted by Gasteiger charge is -2.30. The SMILES string of the molecule is CCCCc1nc2c(cnc3cc(N)c(N4CCNCC4)cc32)[nH]1. The van der Waals surface area contributed by atoms with E-state index >= 15 is 0 Å². The zero-order chi connectivity index (χ0) is 16.5. The molecule has 3 heterocycles. The second-order valence-electron chi connectivity index (χ2n) is 6.47. The molecule has 1 aliphatic rings. The quantitative estimate of drug-likeness (QED) is 0.642. The molecule has 0 bridgehead atoms. The zero-order valence-electron chi connectivity index (χ0n) is 14.1. The summed E-state index contributed by atoms with van der Waals surface area (Å²) in [4.78, 5) is 15.1. The molecule has 3 aromatic rings. The number of H-pyrrole nitrogens is 1. The predicted octanol–water partition coefficient (Wildman–Crippen LogP) is 2.45. The van der Waals surface area contributed by atoms with Gasteiger partial charge < -0.3 is 20.9 Å². The highest BCUT2D eigenvalue weighted by atomic mass is 15.2. The molecule has 6 nitrogen and oxygen atoms in total. The third kappa shape index (κ3) is 2.67. The minimum atomic E-state index is 0.790. The van der Waals surface area contributed by atoms with Crippen LogP contribution in [-0.4, -0.2) is 41.1 Å². The Morgan fingerprint density at radius 1 is 1.25 bits per heavy atom. The highest BCUT2D eigenvalue weighted by Gasteiger charge is 2.16. The number of nitrogens with two attached hydrogens (primary N) is 1. The summed E-state index contributed by atoms with van der Waals surface area (Å²) >= 11 is 0. The molecule has 0 atom stereocenters. The van der Waals surface area contributed by atoms with Crippen LogP contribution in [-0.2, 0) is 6.42 Å². The molecule has 0 amide bonds. The van der Waals surface area contributed by atoms with Gasteiger partial charge in [-0.15, -0.1) is 0 Å². The number of anilines is 2. The van der Waals surface area contributed by atoms with E-state index in [4.69, 9.17) is 10.7 Å². The van der Waals surface area contributed by atoms with Crippen molar-refractivity contribution in [2.75, 3.05) is 36.8 Å². The summed E-state index contributed by atoms with van der Waals surface area (Å²) < 4.78 is 0. The monoisotopic (exact) mass is 324 g/mol. The molecule has 6 heteroatoms. The second kappa shape index (κ2) is 6.28. The minimum Gasteiger partial charge on any atom is -0.397 e. The van der Waals surface area contributed by atoms with E-state index in [2.05, 4.69) is 33.2 Å². The van der Waals surface area contributed by atoms with Crippen molar-refractivity contribution in [1.29, 1.82) is 0 Å². The van der Waals surface area contributed by atoms with Crippen LogP contribution in [0.15, 0.2) is 18.3 Å². The average Bonchev–Trinajstić information content (AvgIpc) is 3.03. The van der Waals surface area contributed by atoms with E-state index in [1.807, 2.05) is 12.3 Å². The van der Waals surface area contributed by atoms with Crippen LogP contribution in [0.4, 0.5) is 11.4 Å². The lowest BCUT2D eigenvalue weighted by Crippen LogP contribution is -2.43. The standard InChI is InChI=1S/C18H24N6/c1-2-3-4-17-22-15-11-21-14-10-13(19)16(9-12(14)18(15)23-17)24-7-5-20-6-8-24/h9-11,20H,2-8,19H2,1H3,(H,22,23). The number of rotatable bonds is 4. The number of pyridine rings is 1. The van der Waals surface area contributed by atoms with Gasteiger partial charge in [0.2, 0.25) is 0 Å². The number of aromatic nitrogens is 3. The van der Waals surface area contributed by atoms with Crippen molar-refractivity contribution in [3.05, 3.63) is 24.2 Å². The van der Waals surface area contributed by atoms with E-state index in [1.165, 1.54) is 6.42 Å². The first-order chi connectivity index (χ1) is 11.8. The van der Waals surface area contributed by atoms with Gasteiger partial charge in [-0.3, -0.25) is 4.98 Å². The molecule has 0 aliphatic carbocycles. The van der Waals surface area contributed by atoms with Crippen molar-refractivity contribution < 1.29 is 0 Å². The van der Waals surface area contributed by atoms with Crippen molar-refractivity contribution in [2.24, 2.45) is 0 Å². The van der Waals surface area contributed by atoms with Gasteiger partial charge in [-0.1, -0.05) is 13.3 Å². The van der Waals surface area contributed by atoms with Crippen molar-refractivity contribution >= 4 is 33.3 Å². The van der Waals surface area contributed by atoms with Gasteiger partial charge in [-0.2, -0.15) is 0 Å². The maximum absolute atomic E-state index is 6.30. The fraction of sp³-hybridized carbons (Fsp3) is 0.444. The van der Waals surface area contributed by atoms with E-state index in [0.717, 1.165) is 78.2 Å². The summed E-state index contributed by atoms with van der Waals surface area (Å²) in [5, 5.41) is 4.46. The van der Waals surface area contributed by atoms with Gasteiger partial charge in [-0.25, -0.2) is 4.98 Å². The molecule has 1 aliphatic heterocycles. The summed E-state index contributed by atoms with van der Waals surface area (Å²) in [6, 6.07) is 4.14. The van der Waals surface area contributed by atoms with Crippen molar-refractivity contribution in [3.8, 4) is 0 Å². The van der Waals surface area contributed by atoms with Gasteiger partial charge in [0.1, 0.15) is 5.82 Å². The molecule has 2 aromatic heterocycles. The number of aromatic amines is 1. The van der Waals surface area contributed by atoms with Gasteiger partial charge in [0.25, 0.3) is 0 Å². The molecule has 1 saturated heterocycles. The normalized spacial score (nSPS) is 15.5. The van der Waals surface area contributed by atoms with E-state index < -0.39 is 0 Å². The lowest BCUT2D eigenvalue weighted by atomic mass is 10.1. The Bertz CT molecular complexity index is 863. The van der Waals surface area contributed by atoms with E-state index in [9.17, 15) is 0 Å². The second-order valence-corrected chi connectivity index (χ2v) is 6.47. The number of imidazole rings is 1. The molecule has 0 spiro atoms. The number of nitrogens with zero attached hydrogens (tertiary/aromatic N) is 3. The third-order valence-corrected chi connectivity index (χ3v) is 4.74. The number of fused-ring (bicyclic) bond motifs is 3. The smallest absolute Gasteiger partial charge is 0.107 e. The number of benzene rings is 1. The molecule has 1 fully saturated rings. The number of nitrogen functional groups attached to an aromatic ring is 1. The van der Waals surface area contributed by atoms with Crippen molar-refractivity contribution in [1.82, 2.24) is 20.3 Å². The van der Waals surface area contributed by atoms with Crippen LogP contribution in [0.25, 0.3) is 21.9 Å². The number of nitrogens with one attached hydrogen (secondary N) is 2. The van der Waals surface area contributed by atoms with Crippen LogP contribution in [0.5, 0.6) is 0 Å².